The topological polar surface area (TPSA) is 278 Å². The van der Waals surface area contributed by atoms with Gasteiger partial charge in [0.2, 0.25) is 0 Å². The average Bonchev–Trinajstić information content (AvgIpc) is 3.61. The lowest BCUT2D eigenvalue weighted by Gasteiger charge is -2.70. The molecule has 0 aromatic rings. The minimum atomic E-state index is -1.65. The van der Waals surface area contributed by atoms with Gasteiger partial charge in [-0.05, 0) is 131 Å². The summed E-state index contributed by atoms with van der Waals surface area (Å²) in [6.07, 6.45) is -13.5. The second-order valence-electron chi connectivity index (χ2n) is 22.9. The molecule has 65 heavy (non-hydrogen) atoms. The smallest absolute Gasteiger partial charge is 0.187 e. The lowest BCUT2D eigenvalue weighted by molar-refractivity contribution is -0.348. The van der Waals surface area contributed by atoms with Gasteiger partial charge < -0.3 is 84.6 Å². The van der Waals surface area contributed by atoms with Gasteiger partial charge in [0.05, 0.1) is 37.1 Å². The van der Waals surface area contributed by atoms with Gasteiger partial charge in [-0.3, -0.25) is 0 Å². The Morgan fingerprint density at radius 2 is 1.25 bits per heavy atom. The van der Waals surface area contributed by atoms with E-state index < -0.39 is 122 Å². The largest absolute Gasteiger partial charge is 0.394 e. The number of hydrogen-bond acceptors (Lipinski definition) is 17. The Morgan fingerprint density at radius 1 is 0.662 bits per heavy atom. The highest BCUT2D eigenvalue weighted by atomic mass is 16.7. The van der Waals surface area contributed by atoms with Crippen LogP contribution in [-0.2, 0) is 28.4 Å². The Hall–Kier alpha value is -0.940. The summed E-state index contributed by atoms with van der Waals surface area (Å²) in [4.78, 5) is 0. The highest BCUT2D eigenvalue weighted by Gasteiger charge is 2.71. The normalized spacial score (nSPS) is 53.0. The predicted octanol–water partition coefficient (Wildman–Crippen LogP) is 1.00. The van der Waals surface area contributed by atoms with E-state index in [0.29, 0.717) is 19.3 Å². The van der Waals surface area contributed by atoms with Crippen molar-refractivity contribution in [2.45, 2.75) is 230 Å². The summed E-state index contributed by atoms with van der Waals surface area (Å²) in [5.74, 6) is 0.612. The molecule has 0 amide bonds. The summed E-state index contributed by atoms with van der Waals surface area (Å²) >= 11 is 0. The fourth-order valence-corrected chi connectivity index (χ4v) is 14.9. The Balaban J connectivity index is 1.10. The second-order valence-corrected chi connectivity index (χ2v) is 22.9. The lowest BCUT2D eigenvalue weighted by atomic mass is 9.35. The van der Waals surface area contributed by atoms with Crippen LogP contribution in [0.3, 0.4) is 0 Å². The minimum absolute atomic E-state index is 0.0285. The summed E-state index contributed by atoms with van der Waals surface area (Å²) in [6.45, 7) is 18.1. The van der Waals surface area contributed by atoms with E-state index in [1.807, 2.05) is 13.8 Å². The van der Waals surface area contributed by atoms with Crippen molar-refractivity contribution in [1.29, 1.82) is 0 Å². The van der Waals surface area contributed by atoms with Gasteiger partial charge in [-0.25, -0.2) is 0 Å². The van der Waals surface area contributed by atoms with Gasteiger partial charge in [-0.2, -0.15) is 0 Å². The Morgan fingerprint density at radius 3 is 1.89 bits per heavy atom. The first kappa shape index (κ1) is 51.9. The third kappa shape index (κ3) is 8.84. The maximum Gasteiger partial charge on any atom is 0.187 e. The van der Waals surface area contributed by atoms with Gasteiger partial charge >= 0.3 is 0 Å². The number of fused-ring (bicyclic) bond motifs is 5. The van der Waals surface area contributed by atoms with E-state index in [4.69, 9.17) is 28.4 Å². The average molecular weight is 931 g/mol. The van der Waals surface area contributed by atoms with Crippen molar-refractivity contribution in [2.75, 3.05) is 13.2 Å². The van der Waals surface area contributed by atoms with Gasteiger partial charge in [0.15, 0.2) is 18.9 Å². The van der Waals surface area contributed by atoms with Gasteiger partial charge in [0.1, 0.15) is 67.1 Å². The van der Waals surface area contributed by atoms with Crippen molar-refractivity contribution in [3.63, 3.8) is 0 Å². The highest BCUT2D eigenvalue weighted by Crippen LogP contribution is 2.76. The van der Waals surface area contributed by atoms with Crippen LogP contribution in [0, 0.1) is 45.3 Å². The number of hydrogen-bond donors (Lipinski definition) is 11. The fraction of sp³-hybridized carbons (Fsp3) is 0.958. The Bertz CT molecular complexity index is 1660. The molecule has 7 rings (SSSR count). The van der Waals surface area contributed by atoms with Crippen LogP contribution < -0.4 is 0 Å². The summed E-state index contributed by atoms with van der Waals surface area (Å²) in [7, 11) is 0. The van der Waals surface area contributed by atoms with Crippen molar-refractivity contribution in [3.8, 4) is 0 Å². The molecule has 3 heterocycles. The first-order valence-corrected chi connectivity index (χ1v) is 24.2. The number of allylic oxidation sites excluding steroid dienone is 2. The minimum Gasteiger partial charge on any atom is -0.394 e. The molecular weight excluding hydrogens is 849 g/mol. The molecule has 0 spiro atoms. The van der Waals surface area contributed by atoms with Gasteiger partial charge in [0.25, 0.3) is 0 Å². The van der Waals surface area contributed by atoms with Gasteiger partial charge in [-0.15, -0.1) is 0 Å². The van der Waals surface area contributed by atoms with Crippen LogP contribution in [0.5, 0.6) is 0 Å². The molecule has 4 aliphatic carbocycles. The molecule has 376 valence electrons. The molecule has 3 saturated heterocycles. The highest BCUT2D eigenvalue weighted by molar-refractivity contribution is 5.20. The van der Waals surface area contributed by atoms with E-state index >= 15 is 0 Å². The molecule has 0 bridgehead atoms. The number of aliphatic hydroxyl groups is 11. The number of rotatable bonds is 12. The first-order valence-electron chi connectivity index (χ1n) is 24.2. The van der Waals surface area contributed by atoms with Crippen LogP contribution in [0.25, 0.3) is 0 Å². The van der Waals surface area contributed by atoms with Crippen LogP contribution in [0.15, 0.2) is 11.6 Å². The molecule has 17 nitrogen and oxygen atoms in total. The lowest BCUT2D eigenvalue weighted by Crippen LogP contribution is -2.68. The van der Waals surface area contributed by atoms with Crippen molar-refractivity contribution in [2.24, 2.45) is 45.3 Å². The van der Waals surface area contributed by atoms with Crippen LogP contribution in [0.1, 0.15) is 120 Å². The van der Waals surface area contributed by atoms with E-state index in [2.05, 4.69) is 47.6 Å². The summed E-state index contributed by atoms with van der Waals surface area (Å²) in [6, 6.07) is 0. The monoisotopic (exact) mass is 931 g/mol. The molecule has 25 unspecified atom stereocenters. The van der Waals surface area contributed by atoms with Crippen molar-refractivity contribution in [1.82, 2.24) is 0 Å². The Kier molecular flexibility index (Phi) is 15.2. The van der Waals surface area contributed by atoms with E-state index in [-0.39, 0.29) is 46.5 Å². The zero-order chi connectivity index (χ0) is 47.9. The van der Waals surface area contributed by atoms with Gasteiger partial charge in [-0.1, -0.05) is 46.3 Å². The molecule has 11 N–H and O–H groups in total. The standard InChI is InChI=1S/C48H82O17/c1-22(2)11-10-16-48(9,65-43-39(59)36(56)33(53)28(63-43)21-60-41-37(57)34(54)31(51)23(3)61-41)25-14-17-46(7)24(25)12-13-30-45(6)19-26(50)40(44(4,5)29(45)15-18-47(30,46)8)64-42-38(58)35(55)32(52)27(20-49)62-42/h11,23-43,49-59H,10,12-21H2,1-9H3. The van der Waals surface area contributed by atoms with E-state index in [1.165, 1.54) is 6.92 Å². The molecule has 17 heteroatoms. The molecule has 7 fully saturated rings. The third-order valence-electron chi connectivity index (χ3n) is 18.7. The van der Waals surface area contributed by atoms with E-state index in [9.17, 15) is 56.2 Å². The maximum absolute atomic E-state index is 12.1. The van der Waals surface area contributed by atoms with Crippen LogP contribution in [-0.4, -0.2) is 179 Å². The Labute approximate surface area is 384 Å². The quantitative estimate of drug-likeness (QED) is 0.0962. The van der Waals surface area contributed by atoms with Gasteiger partial charge in [0, 0.05) is 0 Å². The summed E-state index contributed by atoms with van der Waals surface area (Å²) < 4.78 is 36.7. The number of aliphatic hydroxyl groups excluding tert-OH is 11. The van der Waals surface area contributed by atoms with Crippen LogP contribution in [0.4, 0.5) is 0 Å². The SMILES string of the molecule is CC(C)=CCCC(C)(OC1OC(COC2OC(C)C(O)C(O)C2O)C(O)C(O)C1O)C1CCC2(C)C1CCC1C3(C)CC(O)C(OC4OC(CO)C(O)C(O)C4O)C(C)(C)C3CCC12C. The maximum atomic E-state index is 12.1. The van der Waals surface area contributed by atoms with Crippen LogP contribution >= 0.6 is 0 Å². The van der Waals surface area contributed by atoms with E-state index in [0.717, 1.165) is 44.1 Å². The van der Waals surface area contributed by atoms with Crippen molar-refractivity contribution >= 4 is 0 Å². The molecule has 25 atom stereocenters. The summed E-state index contributed by atoms with van der Waals surface area (Å²) in [5, 5.41) is 118. The zero-order valence-corrected chi connectivity index (χ0v) is 39.8. The summed E-state index contributed by atoms with van der Waals surface area (Å²) in [5.41, 5.74) is -0.843. The second kappa shape index (κ2) is 19.0. The molecule has 3 aliphatic heterocycles. The number of ether oxygens (including phenoxy) is 6. The molecule has 7 aliphatic rings. The fourth-order valence-electron chi connectivity index (χ4n) is 14.9. The molecule has 0 radical (unpaired) electrons. The zero-order valence-electron chi connectivity index (χ0n) is 39.8. The molecule has 0 aromatic carbocycles. The first-order chi connectivity index (χ1) is 30.3. The molecular formula is C48H82O17. The molecule has 4 saturated carbocycles. The van der Waals surface area contributed by atoms with Crippen molar-refractivity contribution < 1.29 is 84.6 Å². The van der Waals surface area contributed by atoms with E-state index in [1.54, 1.807) is 0 Å². The third-order valence-corrected chi connectivity index (χ3v) is 18.7. The van der Waals surface area contributed by atoms with Crippen LogP contribution in [0.2, 0.25) is 0 Å². The predicted molar refractivity (Wildman–Crippen MR) is 232 cm³/mol. The van der Waals surface area contributed by atoms with Crippen molar-refractivity contribution in [3.05, 3.63) is 11.6 Å². The molecule has 0 aromatic heterocycles.